The first-order valence-corrected chi connectivity index (χ1v) is 8.57. The molecule has 2 aliphatic rings. The molecular formula is C18H28N2O. The van der Waals surface area contributed by atoms with E-state index in [1.165, 1.54) is 49.8 Å². The Kier molecular flexibility index (Phi) is 5.53. The van der Waals surface area contributed by atoms with Crippen LogP contribution in [0.4, 0.5) is 5.69 Å². The van der Waals surface area contributed by atoms with Crippen LogP contribution in [-0.2, 0) is 11.3 Å². The molecule has 116 valence electrons. The molecule has 3 nitrogen and oxygen atoms in total. The molecule has 21 heavy (non-hydrogen) atoms. The number of rotatable bonds is 4. The fourth-order valence-corrected chi connectivity index (χ4v) is 3.39. The van der Waals surface area contributed by atoms with Crippen LogP contribution in [-0.4, -0.2) is 32.3 Å². The zero-order valence-electron chi connectivity index (χ0n) is 13.0. The highest BCUT2D eigenvalue weighted by molar-refractivity contribution is 5.47. The average molecular weight is 288 g/mol. The van der Waals surface area contributed by atoms with E-state index in [0.29, 0.717) is 0 Å². The summed E-state index contributed by atoms with van der Waals surface area (Å²) in [7, 11) is 0. The minimum atomic E-state index is 0.728. The fourth-order valence-electron chi connectivity index (χ4n) is 3.39. The van der Waals surface area contributed by atoms with E-state index in [-0.39, 0.29) is 0 Å². The lowest BCUT2D eigenvalue weighted by Crippen LogP contribution is -2.36. The van der Waals surface area contributed by atoms with Crippen LogP contribution in [0.1, 0.15) is 44.1 Å². The van der Waals surface area contributed by atoms with Crippen molar-refractivity contribution in [2.24, 2.45) is 0 Å². The molecule has 1 heterocycles. The molecule has 1 saturated heterocycles. The summed E-state index contributed by atoms with van der Waals surface area (Å²) in [5.74, 6) is 0. The Morgan fingerprint density at radius 1 is 0.952 bits per heavy atom. The van der Waals surface area contributed by atoms with E-state index in [1.807, 2.05) is 0 Å². The van der Waals surface area contributed by atoms with Crippen molar-refractivity contribution in [1.29, 1.82) is 0 Å². The van der Waals surface area contributed by atoms with Gasteiger partial charge in [-0.3, -0.25) is 0 Å². The van der Waals surface area contributed by atoms with Gasteiger partial charge in [-0.05, 0) is 30.5 Å². The molecule has 0 aromatic heterocycles. The molecule has 3 rings (SSSR count). The zero-order chi connectivity index (χ0) is 14.3. The highest BCUT2D eigenvalue weighted by Crippen LogP contribution is 2.19. The van der Waals surface area contributed by atoms with Crippen LogP contribution in [0.2, 0.25) is 0 Å². The number of anilines is 1. The lowest BCUT2D eigenvalue weighted by Gasteiger charge is -2.29. The molecule has 0 radical (unpaired) electrons. The highest BCUT2D eigenvalue weighted by Gasteiger charge is 2.12. The number of nitrogens with one attached hydrogen (secondary N) is 1. The minimum absolute atomic E-state index is 0.728. The summed E-state index contributed by atoms with van der Waals surface area (Å²) in [4.78, 5) is 2.41. The Balaban J connectivity index is 1.49. The number of ether oxygens (including phenoxy) is 1. The van der Waals surface area contributed by atoms with Crippen molar-refractivity contribution in [3.8, 4) is 0 Å². The summed E-state index contributed by atoms with van der Waals surface area (Å²) < 4.78 is 5.41. The van der Waals surface area contributed by atoms with Crippen LogP contribution >= 0.6 is 0 Å². The second-order valence-electron chi connectivity index (χ2n) is 6.34. The topological polar surface area (TPSA) is 24.5 Å². The van der Waals surface area contributed by atoms with Gasteiger partial charge in [-0.2, -0.15) is 0 Å². The van der Waals surface area contributed by atoms with Gasteiger partial charge in [0.2, 0.25) is 0 Å². The summed E-state index contributed by atoms with van der Waals surface area (Å²) in [5.41, 5.74) is 2.73. The monoisotopic (exact) mass is 288 g/mol. The fraction of sp³-hybridized carbons (Fsp3) is 0.667. The van der Waals surface area contributed by atoms with Crippen molar-refractivity contribution < 1.29 is 4.74 Å². The largest absolute Gasteiger partial charge is 0.378 e. The number of hydrogen-bond acceptors (Lipinski definition) is 3. The van der Waals surface area contributed by atoms with Gasteiger partial charge >= 0.3 is 0 Å². The average Bonchev–Trinajstić information content (AvgIpc) is 2.83. The third kappa shape index (κ3) is 4.45. The number of morpholine rings is 1. The Hall–Kier alpha value is -1.06. The van der Waals surface area contributed by atoms with Crippen molar-refractivity contribution in [3.05, 3.63) is 29.8 Å². The maximum absolute atomic E-state index is 5.41. The second-order valence-corrected chi connectivity index (χ2v) is 6.34. The van der Waals surface area contributed by atoms with Gasteiger partial charge in [-0.25, -0.2) is 0 Å². The van der Waals surface area contributed by atoms with Gasteiger partial charge in [0.25, 0.3) is 0 Å². The van der Waals surface area contributed by atoms with Crippen LogP contribution in [0.25, 0.3) is 0 Å². The molecule has 3 heteroatoms. The predicted octanol–water partition coefficient (Wildman–Crippen LogP) is 3.34. The summed E-state index contributed by atoms with van der Waals surface area (Å²) in [5, 5.41) is 3.74. The molecule has 0 amide bonds. The highest BCUT2D eigenvalue weighted by atomic mass is 16.5. The van der Waals surface area contributed by atoms with Crippen molar-refractivity contribution in [2.45, 2.75) is 51.1 Å². The minimum Gasteiger partial charge on any atom is -0.378 e. The summed E-state index contributed by atoms with van der Waals surface area (Å²) in [6.45, 7) is 4.74. The predicted molar refractivity (Wildman–Crippen MR) is 87.8 cm³/mol. The van der Waals surface area contributed by atoms with Crippen molar-refractivity contribution >= 4 is 5.69 Å². The van der Waals surface area contributed by atoms with Gasteiger partial charge in [0, 0.05) is 31.4 Å². The molecular weight excluding hydrogens is 260 g/mol. The van der Waals surface area contributed by atoms with Crippen LogP contribution in [0.15, 0.2) is 24.3 Å². The summed E-state index contributed by atoms with van der Waals surface area (Å²) >= 11 is 0. The van der Waals surface area contributed by atoms with Crippen LogP contribution in [0, 0.1) is 0 Å². The molecule has 1 aliphatic carbocycles. The smallest absolute Gasteiger partial charge is 0.0642 e. The second kappa shape index (κ2) is 7.81. The molecule has 2 fully saturated rings. The number of hydrogen-bond donors (Lipinski definition) is 1. The maximum Gasteiger partial charge on any atom is 0.0642 e. The molecule has 1 N–H and O–H groups in total. The first kappa shape index (κ1) is 14.9. The maximum atomic E-state index is 5.41. The van der Waals surface area contributed by atoms with Gasteiger partial charge in [-0.15, -0.1) is 0 Å². The standard InChI is InChI=1S/C18H28N2O/c1-2-4-6-17(5-3-1)19-15-16-7-9-18(10-8-16)20-11-13-21-14-12-20/h7-10,17,19H,1-6,11-15H2. The van der Waals surface area contributed by atoms with Crippen LogP contribution in [0.3, 0.4) is 0 Å². The van der Waals surface area contributed by atoms with Crippen molar-refractivity contribution in [2.75, 3.05) is 31.2 Å². The quantitative estimate of drug-likeness (QED) is 0.860. The Bertz CT molecular complexity index is 404. The normalized spacial score (nSPS) is 21.2. The van der Waals surface area contributed by atoms with Gasteiger partial charge < -0.3 is 15.0 Å². The number of nitrogens with zero attached hydrogens (tertiary/aromatic N) is 1. The molecule has 0 atom stereocenters. The van der Waals surface area contributed by atoms with Crippen LogP contribution < -0.4 is 10.2 Å². The molecule has 1 aliphatic heterocycles. The Labute approximate surface area is 128 Å². The van der Waals surface area contributed by atoms with E-state index in [4.69, 9.17) is 4.74 Å². The van der Waals surface area contributed by atoms with E-state index in [1.54, 1.807) is 0 Å². The zero-order valence-corrected chi connectivity index (χ0v) is 13.0. The SMILES string of the molecule is c1cc(N2CCOCC2)ccc1CNC1CCCCCC1. The van der Waals surface area contributed by atoms with E-state index < -0.39 is 0 Å². The molecule has 1 aromatic carbocycles. The molecule has 1 saturated carbocycles. The number of benzene rings is 1. The van der Waals surface area contributed by atoms with E-state index in [2.05, 4.69) is 34.5 Å². The first-order chi connectivity index (χ1) is 10.4. The van der Waals surface area contributed by atoms with Crippen molar-refractivity contribution in [3.63, 3.8) is 0 Å². The van der Waals surface area contributed by atoms with Gasteiger partial charge in [0.1, 0.15) is 0 Å². The van der Waals surface area contributed by atoms with Gasteiger partial charge in [0.05, 0.1) is 13.2 Å². The molecule has 1 aromatic rings. The first-order valence-electron chi connectivity index (χ1n) is 8.57. The molecule has 0 bridgehead atoms. The van der Waals surface area contributed by atoms with Crippen LogP contribution in [0.5, 0.6) is 0 Å². The third-order valence-electron chi connectivity index (χ3n) is 4.76. The Morgan fingerprint density at radius 3 is 2.29 bits per heavy atom. The van der Waals surface area contributed by atoms with Crippen molar-refractivity contribution in [1.82, 2.24) is 5.32 Å². The molecule has 0 spiro atoms. The van der Waals surface area contributed by atoms with E-state index in [0.717, 1.165) is 38.9 Å². The Morgan fingerprint density at radius 2 is 1.62 bits per heavy atom. The summed E-state index contributed by atoms with van der Waals surface area (Å²) in [6.07, 6.45) is 8.35. The van der Waals surface area contributed by atoms with Gasteiger partial charge in [0.15, 0.2) is 0 Å². The third-order valence-corrected chi connectivity index (χ3v) is 4.76. The lowest BCUT2D eigenvalue weighted by atomic mass is 10.1. The van der Waals surface area contributed by atoms with E-state index in [9.17, 15) is 0 Å². The van der Waals surface area contributed by atoms with E-state index >= 15 is 0 Å². The summed E-state index contributed by atoms with van der Waals surface area (Å²) in [6, 6.07) is 9.79. The molecule has 0 unspecified atom stereocenters. The lowest BCUT2D eigenvalue weighted by molar-refractivity contribution is 0.122. The van der Waals surface area contributed by atoms with Gasteiger partial charge in [-0.1, -0.05) is 37.8 Å².